The average Bonchev–Trinajstić information content (AvgIpc) is 2.92. The highest BCUT2D eigenvalue weighted by atomic mass is 19.4. The number of amides is 1. The fourth-order valence-electron chi connectivity index (χ4n) is 3.01. The first-order valence-electron chi connectivity index (χ1n) is 8.19. The van der Waals surface area contributed by atoms with Gasteiger partial charge in [0.2, 0.25) is 5.91 Å². The summed E-state index contributed by atoms with van der Waals surface area (Å²) in [5, 5.41) is 3.76. The lowest BCUT2D eigenvalue weighted by Crippen LogP contribution is -2.28. The molecule has 1 unspecified atom stereocenters. The number of aryl methyl sites for hydroxylation is 1. The topological polar surface area (TPSA) is 42.2 Å². The smallest absolute Gasteiger partial charge is 0.416 e. The van der Waals surface area contributed by atoms with E-state index in [0.29, 0.717) is 11.3 Å². The third kappa shape index (κ3) is 3.74. The van der Waals surface area contributed by atoms with Crippen molar-refractivity contribution in [2.45, 2.75) is 32.5 Å². The number of fused-ring (bicyclic) bond motifs is 1. The number of hydrogen-bond donors (Lipinski definition) is 1. The molecule has 0 spiro atoms. The number of alkyl halides is 3. The maximum absolute atomic E-state index is 12.8. The van der Waals surface area contributed by atoms with E-state index in [4.69, 9.17) is 4.42 Å². The number of para-hydroxylation sites is 1. The van der Waals surface area contributed by atoms with E-state index < -0.39 is 11.7 Å². The highest BCUT2D eigenvalue weighted by Gasteiger charge is 2.30. The molecule has 0 saturated carbocycles. The Morgan fingerprint density at radius 1 is 1.15 bits per heavy atom. The van der Waals surface area contributed by atoms with E-state index in [0.717, 1.165) is 28.7 Å². The van der Waals surface area contributed by atoms with E-state index in [2.05, 4.69) is 5.32 Å². The van der Waals surface area contributed by atoms with Crippen molar-refractivity contribution < 1.29 is 22.4 Å². The van der Waals surface area contributed by atoms with Gasteiger partial charge >= 0.3 is 6.18 Å². The number of halogens is 3. The van der Waals surface area contributed by atoms with Crippen LogP contribution in [0.2, 0.25) is 0 Å². The zero-order valence-electron chi connectivity index (χ0n) is 14.4. The standard InChI is InChI=1S/C20H18F3NO2/c1-12-16-8-3-4-9-17(16)26-19(12)13(2)24-18(25)11-14-6-5-7-15(10-14)20(21,22)23/h3-10,13H,11H2,1-2H3,(H,24,25). The summed E-state index contributed by atoms with van der Waals surface area (Å²) in [5.41, 5.74) is 1.22. The van der Waals surface area contributed by atoms with Gasteiger partial charge in [0.15, 0.2) is 0 Å². The maximum Gasteiger partial charge on any atom is 0.416 e. The van der Waals surface area contributed by atoms with Crippen LogP contribution < -0.4 is 5.32 Å². The molecule has 0 saturated heterocycles. The fraction of sp³-hybridized carbons (Fsp3) is 0.250. The van der Waals surface area contributed by atoms with Crippen LogP contribution in [0.15, 0.2) is 52.9 Å². The lowest BCUT2D eigenvalue weighted by atomic mass is 10.1. The summed E-state index contributed by atoms with van der Waals surface area (Å²) in [5.74, 6) is 0.278. The molecular formula is C20H18F3NO2. The van der Waals surface area contributed by atoms with E-state index >= 15 is 0 Å². The van der Waals surface area contributed by atoms with Gasteiger partial charge < -0.3 is 9.73 Å². The Bertz CT molecular complexity index is 944. The molecule has 136 valence electrons. The predicted molar refractivity (Wildman–Crippen MR) is 92.7 cm³/mol. The average molecular weight is 361 g/mol. The zero-order chi connectivity index (χ0) is 18.9. The van der Waals surface area contributed by atoms with Crippen molar-refractivity contribution in [2.75, 3.05) is 0 Å². The Labute approximate surface area is 148 Å². The molecule has 3 rings (SSSR count). The molecule has 2 aromatic carbocycles. The van der Waals surface area contributed by atoms with Crippen molar-refractivity contribution in [3.8, 4) is 0 Å². The minimum absolute atomic E-state index is 0.131. The van der Waals surface area contributed by atoms with Gasteiger partial charge in [0.25, 0.3) is 0 Å². The normalized spacial score (nSPS) is 13.0. The lowest BCUT2D eigenvalue weighted by molar-refractivity contribution is -0.137. The van der Waals surface area contributed by atoms with Crippen molar-refractivity contribution in [1.29, 1.82) is 0 Å². The highest BCUT2D eigenvalue weighted by Crippen LogP contribution is 2.30. The number of carbonyl (C=O) groups is 1. The molecule has 0 radical (unpaired) electrons. The van der Waals surface area contributed by atoms with Gasteiger partial charge in [-0.15, -0.1) is 0 Å². The fourth-order valence-corrected chi connectivity index (χ4v) is 3.01. The van der Waals surface area contributed by atoms with Crippen molar-refractivity contribution in [3.63, 3.8) is 0 Å². The Morgan fingerprint density at radius 2 is 1.88 bits per heavy atom. The quantitative estimate of drug-likeness (QED) is 0.696. The van der Waals surface area contributed by atoms with Gasteiger partial charge in [-0.1, -0.05) is 36.4 Å². The third-order valence-corrected chi connectivity index (χ3v) is 4.27. The Balaban J connectivity index is 1.72. The van der Waals surface area contributed by atoms with Crippen molar-refractivity contribution in [2.24, 2.45) is 0 Å². The Morgan fingerprint density at radius 3 is 2.58 bits per heavy atom. The molecule has 0 aliphatic heterocycles. The molecule has 1 atom stereocenters. The zero-order valence-corrected chi connectivity index (χ0v) is 14.4. The first kappa shape index (κ1) is 18.0. The van der Waals surface area contributed by atoms with Crippen LogP contribution in [0.4, 0.5) is 13.2 Å². The molecule has 6 heteroatoms. The van der Waals surface area contributed by atoms with Crippen LogP contribution in [-0.2, 0) is 17.4 Å². The molecule has 0 aliphatic rings. The van der Waals surface area contributed by atoms with Crippen LogP contribution in [-0.4, -0.2) is 5.91 Å². The number of rotatable bonds is 4. The number of benzene rings is 2. The first-order valence-corrected chi connectivity index (χ1v) is 8.19. The molecule has 0 bridgehead atoms. The monoisotopic (exact) mass is 361 g/mol. The Hall–Kier alpha value is -2.76. The molecule has 0 fully saturated rings. The first-order chi connectivity index (χ1) is 12.3. The number of hydrogen-bond acceptors (Lipinski definition) is 2. The summed E-state index contributed by atoms with van der Waals surface area (Å²) in [7, 11) is 0. The molecule has 1 amide bonds. The predicted octanol–water partition coefficient (Wildman–Crippen LogP) is 5.18. The molecule has 1 N–H and O–H groups in total. The summed E-state index contributed by atoms with van der Waals surface area (Å²) in [6, 6.07) is 12.0. The lowest BCUT2D eigenvalue weighted by Gasteiger charge is -2.13. The molecule has 1 heterocycles. The largest absolute Gasteiger partial charge is 0.459 e. The molecule has 3 aromatic rings. The molecule has 1 aromatic heterocycles. The van der Waals surface area contributed by atoms with Crippen molar-refractivity contribution in [3.05, 3.63) is 71.0 Å². The van der Waals surface area contributed by atoms with E-state index in [9.17, 15) is 18.0 Å². The molecule has 26 heavy (non-hydrogen) atoms. The van der Waals surface area contributed by atoms with E-state index in [1.165, 1.54) is 12.1 Å². The minimum atomic E-state index is -4.43. The number of furan rings is 1. The summed E-state index contributed by atoms with van der Waals surface area (Å²) >= 11 is 0. The summed E-state index contributed by atoms with van der Waals surface area (Å²) in [4.78, 5) is 12.2. The van der Waals surface area contributed by atoms with E-state index in [-0.39, 0.29) is 18.4 Å². The third-order valence-electron chi connectivity index (χ3n) is 4.27. The molecule has 3 nitrogen and oxygen atoms in total. The second-order valence-electron chi connectivity index (χ2n) is 6.25. The van der Waals surface area contributed by atoms with Crippen molar-refractivity contribution in [1.82, 2.24) is 5.32 Å². The molecular weight excluding hydrogens is 343 g/mol. The van der Waals surface area contributed by atoms with Crippen LogP contribution in [0.1, 0.15) is 35.4 Å². The SMILES string of the molecule is Cc1c(C(C)NC(=O)Cc2cccc(C(F)(F)F)c2)oc2ccccc12. The minimum Gasteiger partial charge on any atom is -0.459 e. The van der Waals surface area contributed by atoms with Crippen molar-refractivity contribution >= 4 is 16.9 Å². The summed E-state index contributed by atoms with van der Waals surface area (Å²) in [6.45, 7) is 3.70. The van der Waals surface area contributed by atoms with Crippen LogP contribution in [0.5, 0.6) is 0 Å². The van der Waals surface area contributed by atoms with Gasteiger partial charge in [-0.25, -0.2) is 0 Å². The van der Waals surface area contributed by atoms with Gasteiger partial charge in [-0.3, -0.25) is 4.79 Å². The number of carbonyl (C=O) groups excluding carboxylic acids is 1. The van der Waals surface area contributed by atoms with E-state index in [1.54, 1.807) is 6.92 Å². The summed E-state index contributed by atoms with van der Waals surface area (Å²) < 4.78 is 44.1. The summed E-state index contributed by atoms with van der Waals surface area (Å²) in [6.07, 6.45) is -4.56. The van der Waals surface area contributed by atoms with Crippen LogP contribution >= 0.6 is 0 Å². The van der Waals surface area contributed by atoms with Gasteiger partial charge in [0.05, 0.1) is 18.0 Å². The van der Waals surface area contributed by atoms with Crippen LogP contribution in [0, 0.1) is 6.92 Å². The van der Waals surface area contributed by atoms with Gasteiger partial charge in [-0.05, 0) is 31.5 Å². The van der Waals surface area contributed by atoms with Gasteiger partial charge in [0, 0.05) is 10.9 Å². The molecule has 0 aliphatic carbocycles. The van der Waals surface area contributed by atoms with Crippen LogP contribution in [0.25, 0.3) is 11.0 Å². The second-order valence-corrected chi connectivity index (χ2v) is 6.25. The van der Waals surface area contributed by atoms with Gasteiger partial charge in [-0.2, -0.15) is 13.2 Å². The maximum atomic E-state index is 12.8. The van der Waals surface area contributed by atoms with Gasteiger partial charge in [0.1, 0.15) is 11.3 Å². The Kier molecular flexibility index (Phi) is 4.76. The van der Waals surface area contributed by atoms with E-state index in [1.807, 2.05) is 31.2 Å². The second kappa shape index (κ2) is 6.86. The number of nitrogens with one attached hydrogen (secondary N) is 1. The van der Waals surface area contributed by atoms with Crippen LogP contribution in [0.3, 0.4) is 0 Å². The highest BCUT2D eigenvalue weighted by molar-refractivity contribution is 5.83.